The zero-order valence-electron chi connectivity index (χ0n) is 1.80. The molecule has 0 spiro atoms. The van der Waals surface area contributed by atoms with E-state index in [1.165, 1.54) is 0 Å². The molecule has 0 rings (SSSR count). The van der Waals surface area contributed by atoms with Gasteiger partial charge in [0.1, 0.15) is 0 Å². The summed E-state index contributed by atoms with van der Waals surface area (Å²) in [4.78, 5) is 0. The number of rotatable bonds is 0. The summed E-state index contributed by atoms with van der Waals surface area (Å²) < 4.78 is 0. The molecule has 0 aliphatic carbocycles. The van der Waals surface area contributed by atoms with Crippen LogP contribution in [0.15, 0.2) is 0 Å². The third kappa shape index (κ3) is 32.9. The van der Waals surface area contributed by atoms with Gasteiger partial charge in [-0.3, -0.25) is 15.2 Å². The average molecular weight is 72.0 g/mol. The molecule has 4 heteroatoms. The lowest BCUT2D eigenvalue weighted by Crippen LogP contribution is -1.29. The fraction of sp³-hybridized carbons (Fsp3) is 0. The van der Waals surface area contributed by atoms with Crippen molar-refractivity contribution in [3.63, 3.8) is 0 Å². The zero-order chi connectivity index (χ0) is 2.00. The summed E-state index contributed by atoms with van der Waals surface area (Å²) in [6.07, 6.45) is 0. The molecule has 0 atom stereocenters. The molecule has 0 unspecified atom stereocenters. The maximum atomic E-state index is 6.00. The SMILES string of the molecule is F.O.OO. The molecule has 0 saturated heterocycles. The second-order valence-corrected chi connectivity index (χ2v) is 0. The lowest BCUT2D eigenvalue weighted by atomic mass is 15.0. The van der Waals surface area contributed by atoms with Crippen LogP contribution in [0, 0.1) is 0 Å². The van der Waals surface area contributed by atoms with Gasteiger partial charge in [0.05, 0.1) is 0 Å². The summed E-state index contributed by atoms with van der Waals surface area (Å²) in [6.45, 7) is 0. The molecule has 0 aromatic carbocycles. The van der Waals surface area contributed by atoms with Gasteiger partial charge in [-0.2, -0.15) is 0 Å². The molecule has 3 nitrogen and oxygen atoms in total. The molecule has 0 fully saturated rings. The van der Waals surface area contributed by atoms with Gasteiger partial charge in [-0.25, -0.2) is 0 Å². The van der Waals surface area contributed by atoms with Gasteiger partial charge in [-0.15, -0.1) is 0 Å². The van der Waals surface area contributed by atoms with E-state index in [1.54, 1.807) is 0 Å². The standard InChI is InChI=1S/FH.H2O2.H2O/c;1-2;/h1H;1-2H;1H2. The second kappa shape index (κ2) is 255. The molecule has 0 bridgehead atoms. The van der Waals surface area contributed by atoms with Gasteiger partial charge in [-0.05, 0) is 0 Å². The van der Waals surface area contributed by atoms with E-state index in [0.717, 1.165) is 0 Å². The Morgan fingerprint density at radius 2 is 1.00 bits per heavy atom. The summed E-state index contributed by atoms with van der Waals surface area (Å²) in [5.74, 6) is 0. The molecule has 0 aliphatic rings. The average Bonchev–Trinajstić information content (AvgIpc) is 1.00. The van der Waals surface area contributed by atoms with E-state index in [4.69, 9.17) is 10.5 Å². The molecule has 4 N–H and O–H groups in total. The molecule has 4 heavy (non-hydrogen) atoms. The summed E-state index contributed by atoms with van der Waals surface area (Å²) >= 11 is 0. The van der Waals surface area contributed by atoms with Crippen LogP contribution in [0.2, 0.25) is 0 Å². The Morgan fingerprint density at radius 3 is 1.00 bits per heavy atom. The van der Waals surface area contributed by atoms with Crippen LogP contribution in [-0.2, 0) is 0 Å². The van der Waals surface area contributed by atoms with Gasteiger partial charge in [0.2, 0.25) is 0 Å². The second-order valence-electron chi connectivity index (χ2n) is 0. The predicted octanol–water partition coefficient (Wildman–Crippen LogP) is -0.655. The van der Waals surface area contributed by atoms with Crippen molar-refractivity contribution in [1.82, 2.24) is 0 Å². The van der Waals surface area contributed by atoms with Crippen LogP contribution < -0.4 is 0 Å². The molecule has 0 heterocycles. The highest BCUT2D eigenvalue weighted by molar-refractivity contribution is 1.82. The molecular formula is H5FO3. The third-order valence-corrected chi connectivity index (χ3v) is 0. The summed E-state index contributed by atoms with van der Waals surface area (Å²) in [7, 11) is 0. The van der Waals surface area contributed by atoms with Crippen LogP contribution in [-0.4, -0.2) is 16.0 Å². The van der Waals surface area contributed by atoms with Crippen molar-refractivity contribution in [1.29, 1.82) is 0 Å². The Kier molecular flexibility index (Phi) is 2920. The first kappa shape index (κ1) is 45.9. The van der Waals surface area contributed by atoms with E-state index in [-0.39, 0.29) is 10.2 Å². The molecule has 0 radical (unpaired) electrons. The van der Waals surface area contributed by atoms with Crippen LogP contribution in [0.4, 0.5) is 4.70 Å². The molecule has 30 valence electrons. The minimum Gasteiger partial charge on any atom is -0.412 e. The van der Waals surface area contributed by atoms with Crippen LogP contribution >= 0.6 is 0 Å². The van der Waals surface area contributed by atoms with E-state index in [2.05, 4.69) is 0 Å². The van der Waals surface area contributed by atoms with Crippen LogP contribution in [0.25, 0.3) is 0 Å². The first-order valence-electron chi connectivity index (χ1n) is 0.200. The molecular weight excluding hydrogens is 67.0 g/mol. The Labute approximate surface area is 22.1 Å². The quantitative estimate of drug-likeness (QED) is 0.294. The maximum absolute atomic E-state index is 6.00. The van der Waals surface area contributed by atoms with E-state index >= 15 is 0 Å². The highest BCUT2D eigenvalue weighted by atomic mass is 19.0. The molecule has 0 aliphatic heterocycles. The van der Waals surface area contributed by atoms with E-state index in [1.807, 2.05) is 0 Å². The van der Waals surface area contributed by atoms with Crippen LogP contribution in [0.5, 0.6) is 0 Å². The summed E-state index contributed by atoms with van der Waals surface area (Å²) in [5.41, 5.74) is 0. The van der Waals surface area contributed by atoms with Gasteiger partial charge >= 0.3 is 0 Å². The Morgan fingerprint density at radius 1 is 1.00 bits per heavy atom. The number of hydrogen-bond donors (Lipinski definition) is 2. The van der Waals surface area contributed by atoms with Gasteiger partial charge in [0, 0.05) is 0 Å². The predicted molar refractivity (Wildman–Crippen MR) is 11.4 cm³/mol. The van der Waals surface area contributed by atoms with Crippen molar-refractivity contribution in [2.24, 2.45) is 0 Å². The maximum Gasteiger partial charge on any atom is -0.255 e. The van der Waals surface area contributed by atoms with E-state index < -0.39 is 0 Å². The fourth-order valence-electron chi connectivity index (χ4n) is 0. The van der Waals surface area contributed by atoms with Crippen molar-refractivity contribution in [3.8, 4) is 0 Å². The molecule has 0 aromatic rings. The van der Waals surface area contributed by atoms with Gasteiger partial charge < -0.3 is 5.48 Å². The van der Waals surface area contributed by atoms with Crippen molar-refractivity contribution < 1.29 is 20.7 Å². The van der Waals surface area contributed by atoms with E-state index in [9.17, 15) is 0 Å². The summed E-state index contributed by atoms with van der Waals surface area (Å²) in [6, 6.07) is 0. The van der Waals surface area contributed by atoms with E-state index in [0.29, 0.717) is 0 Å². The lowest BCUT2D eigenvalue weighted by molar-refractivity contribution is -0.176. The normalized spacial score (nSPS) is 1.50. The van der Waals surface area contributed by atoms with Crippen molar-refractivity contribution >= 4 is 0 Å². The fourth-order valence-corrected chi connectivity index (χ4v) is 0. The monoisotopic (exact) mass is 72.0 g/mol. The van der Waals surface area contributed by atoms with Crippen molar-refractivity contribution in [2.45, 2.75) is 0 Å². The molecule has 0 amide bonds. The molecule has 0 saturated carbocycles. The minimum atomic E-state index is 0. The van der Waals surface area contributed by atoms with Crippen molar-refractivity contribution in [3.05, 3.63) is 0 Å². The number of hydrogen-bond acceptors (Lipinski definition) is 2. The Bertz CT molecular complexity index is 3.25. The summed E-state index contributed by atoms with van der Waals surface area (Å²) in [5, 5.41) is 12.0. The van der Waals surface area contributed by atoms with Gasteiger partial charge in [0.15, 0.2) is 0 Å². The van der Waals surface area contributed by atoms with Gasteiger partial charge in [0.25, 0.3) is 0 Å². The largest absolute Gasteiger partial charge is 0.412 e. The van der Waals surface area contributed by atoms with Crippen molar-refractivity contribution in [2.75, 3.05) is 0 Å². The first-order chi connectivity index (χ1) is 1.00. The zero-order valence-corrected chi connectivity index (χ0v) is 1.80. The lowest BCUT2D eigenvalue weighted by Gasteiger charge is -1.25. The minimum absolute atomic E-state index is 0. The highest BCUT2D eigenvalue weighted by Gasteiger charge is 0.745. The van der Waals surface area contributed by atoms with Gasteiger partial charge in [-0.1, -0.05) is 0 Å². The number of halogens is 1. The first-order valence-corrected chi connectivity index (χ1v) is 0.200. The topological polar surface area (TPSA) is 72.0 Å². The molecule has 0 aromatic heterocycles. The smallest absolute Gasteiger partial charge is 0.255 e. The third-order valence-electron chi connectivity index (χ3n) is 0. The van der Waals surface area contributed by atoms with Crippen LogP contribution in [0.1, 0.15) is 0 Å². The van der Waals surface area contributed by atoms with Crippen LogP contribution in [0.3, 0.4) is 0 Å². The Hall–Kier alpha value is -0.190. The highest BCUT2D eigenvalue weighted by Crippen LogP contribution is 0.711. The Balaban J connectivity index is -0.00000000500.